The van der Waals surface area contributed by atoms with Crippen LogP contribution in [0.1, 0.15) is 41.1 Å². The molecule has 1 amide bonds. The number of carbonyl (C=O) groups excluding carboxylic acids is 1. The van der Waals surface area contributed by atoms with Gasteiger partial charge in [0.1, 0.15) is 5.75 Å². The topological polar surface area (TPSA) is 71.4 Å². The van der Waals surface area contributed by atoms with Crippen molar-refractivity contribution in [2.75, 3.05) is 19.0 Å². The lowest BCUT2D eigenvalue weighted by Gasteiger charge is -2.28. The summed E-state index contributed by atoms with van der Waals surface area (Å²) in [5, 5.41) is 7.07. The van der Waals surface area contributed by atoms with Crippen molar-refractivity contribution in [3.05, 3.63) is 106 Å². The number of para-hydroxylation sites is 2. The third-order valence-corrected chi connectivity index (χ3v) is 7.91. The van der Waals surface area contributed by atoms with Gasteiger partial charge in [0.05, 0.1) is 30.6 Å². The number of benzene rings is 2. The number of ether oxygens (including phenoxy) is 1. The standard InChI is InChI=1S/C30H30BrN5O2S/c1-19-18-23(20(2)36(19)22-13-11-21(31)12-14-22)29-28(25-9-6-7-16-32-25)34-30(39)35(29)17-15-27(37)33-24-8-4-5-10-26(24)38-3/h4-14,16,18,28-29H,15,17H2,1-3H3,(H,33,37)(H,34,39)/t28-,29+/m1/s1. The third kappa shape index (κ3) is 5.55. The van der Waals surface area contributed by atoms with Crippen molar-refractivity contribution < 1.29 is 9.53 Å². The summed E-state index contributed by atoms with van der Waals surface area (Å²) in [5.41, 5.74) is 6.02. The number of aromatic nitrogens is 2. The molecule has 39 heavy (non-hydrogen) atoms. The fourth-order valence-corrected chi connectivity index (χ4v) is 5.84. The summed E-state index contributed by atoms with van der Waals surface area (Å²) in [7, 11) is 1.59. The molecule has 1 aliphatic heterocycles. The van der Waals surface area contributed by atoms with Crippen molar-refractivity contribution in [1.82, 2.24) is 19.8 Å². The number of pyridine rings is 1. The Bertz CT molecular complexity index is 1490. The van der Waals surface area contributed by atoms with Crippen LogP contribution in [0.4, 0.5) is 5.69 Å². The zero-order valence-corrected chi connectivity index (χ0v) is 24.4. The van der Waals surface area contributed by atoms with Crippen LogP contribution >= 0.6 is 28.1 Å². The molecule has 1 aliphatic rings. The Hall–Kier alpha value is -3.69. The van der Waals surface area contributed by atoms with Crippen LogP contribution in [0.15, 0.2) is 83.5 Å². The van der Waals surface area contributed by atoms with E-state index in [1.165, 1.54) is 0 Å². The van der Waals surface area contributed by atoms with E-state index >= 15 is 0 Å². The summed E-state index contributed by atoms with van der Waals surface area (Å²) < 4.78 is 8.67. The number of carbonyl (C=O) groups is 1. The molecule has 0 bridgehead atoms. The largest absolute Gasteiger partial charge is 0.495 e. The van der Waals surface area contributed by atoms with E-state index in [2.05, 4.69) is 73.1 Å². The highest BCUT2D eigenvalue weighted by atomic mass is 79.9. The second kappa shape index (κ2) is 11.6. The first kappa shape index (κ1) is 26.9. The maximum absolute atomic E-state index is 13.0. The van der Waals surface area contributed by atoms with Crippen molar-refractivity contribution in [1.29, 1.82) is 0 Å². The van der Waals surface area contributed by atoms with Gasteiger partial charge in [-0.2, -0.15) is 0 Å². The first-order valence-electron chi connectivity index (χ1n) is 12.7. The zero-order valence-electron chi connectivity index (χ0n) is 22.0. The summed E-state index contributed by atoms with van der Waals surface area (Å²) >= 11 is 9.36. The van der Waals surface area contributed by atoms with Gasteiger partial charge >= 0.3 is 0 Å². The molecule has 0 radical (unpaired) electrons. The number of nitrogens with one attached hydrogen (secondary N) is 2. The minimum atomic E-state index is -0.158. The quantitative estimate of drug-likeness (QED) is 0.232. The average molecular weight is 605 g/mol. The summed E-state index contributed by atoms with van der Waals surface area (Å²) in [6, 6.07) is 23.5. The van der Waals surface area contributed by atoms with Crippen LogP contribution in [0.5, 0.6) is 5.75 Å². The molecule has 2 N–H and O–H groups in total. The van der Waals surface area contributed by atoms with Crippen LogP contribution in [0.25, 0.3) is 5.69 Å². The monoisotopic (exact) mass is 603 g/mol. The molecule has 2 aromatic heterocycles. The summed E-state index contributed by atoms with van der Waals surface area (Å²) in [4.78, 5) is 19.8. The van der Waals surface area contributed by atoms with Gasteiger partial charge in [-0.05, 0) is 86.2 Å². The number of thiocarbonyl (C=S) groups is 1. The van der Waals surface area contributed by atoms with E-state index in [0.717, 1.165) is 32.8 Å². The number of amides is 1. The molecule has 0 spiro atoms. The molecule has 0 saturated carbocycles. The van der Waals surface area contributed by atoms with Crippen molar-refractivity contribution >= 4 is 44.9 Å². The maximum Gasteiger partial charge on any atom is 0.226 e. The fraction of sp³-hybridized carbons (Fsp3) is 0.233. The van der Waals surface area contributed by atoms with E-state index in [9.17, 15) is 4.79 Å². The summed E-state index contributed by atoms with van der Waals surface area (Å²) in [6.07, 6.45) is 2.06. The predicted octanol–water partition coefficient (Wildman–Crippen LogP) is 6.26. The highest BCUT2D eigenvalue weighted by molar-refractivity contribution is 9.10. The normalized spacial score (nSPS) is 16.7. The molecule has 5 rings (SSSR count). The van der Waals surface area contributed by atoms with E-state index in [4.69, 9.17) is 17.0 Å². The Morgan fingerprint density at radius 3 is 2.56 bits per heavy atom. The molecule has 2 atom stereocenters. The minimum absolute atomic E-state index is 0.109. The highest BCUT2D eigenvalue weighted by Gasteiger charge is 2.41. The first-order valence-corrected chi connectivity index (χ1v) is 13.9. The predicted molar refractivity (Wildman–Crippen MR) is 161 cm³/mol. The molecule has 0 unspecified atom stereocenters. The van der Waals surface area contributed by atoms with E-state index in [1.54, 1.807) is 13.3 Å². The smallest absolute Gasteiger partial charge is 0.226 e. The van der Waals surface area contributed by atoms with Crippen LogP contribution in [0.3, 0.4) is 0 Å². The number of hydrogen-bond acceptors (Lipinski definition) is 4. The van der Waals surface area contributed by atoms with Crippen LogP contribution < -0.4 is 15.4 Å². The van der Waals surface area contributed by atoms with Gasteiger partial charge in [-0.1, -0.05) is 34.1 Å². The molecule has 9 heteroatoms. The SMILES string of the molecule is COc1ccccc1NC(=O)CCN1C(=S)N[C@H](c2ccccn2)[C@@H]1c1cc(C)n(-c2ccc(Br)cc2)c1C. The van der Waals surface area contributed by atoms with Gasteiger partial charge in [-0.15, -0.1) is 0 Å². The Balaban J connectivity index is 1.46. The summed E-state index contributed by atoms with van der Waals surface area (Å²) in [5.74, 6) is 0.514. The molecule has 3 heterocycles. The fourth-order valence-electron chi connectivity index (χ4n) is 5.24. The van der Waals surface area contributed by atoms with Crippen LogP contribution in [0, 0.1) is 13.8 Å². The number of aryl methyl sites for hydroxylation is 1. The lowest BCUT2D eigenvalue weighted by atomic mass is 9.96. The molecule has 200 valence electrons. The van der Waals surface area contributed by atoms with Gasteiger partial charge in [0, 0.05) is 40.7 Å². The minimum Gasteiger partial charge on any atom is -0.495 e. The number of hydrogen-bond donors (Lipinski definition) is 2. The van der Waals surface area contributed by atoms with E-state index < -0.39 is 0 Å². The third-order valence-electron chi connectivity index (χ3n) is 7.03. The molecule has 2 aromatic carbocycles. The zero-order chi connectivity index (χ0) is 27.5. The van der Waals surface area contributed by atoms with Gasteiger partial charge in [0.15, 0.2) is 5.11 Å². The van der Waals surface area contributed by atoms with Crippen molar-refractivity contribution in [2.45, 2.75) is 32.4 Å². The van der Waals surface area contributed by atoms with E-state index in [-0.39, 0.29) is 24.4 Å². The van der Waals surface area contributed by atoms with Gasteiger partial charge in [0.25, 0.3) is 0 Å². The van der Waals surface area contributed by atoms with Gasteiger partial charge in [-0.3, -0.25) is 9.78 Å². The molecular weight excluding hydrogens is 574 g/mol. The van der Waals surface area contributed by atoms with E-state index in [1.807, 2.05) is 54.6 Å². The second-order valence-corrected chi connectivity index (χ2v) is 10.8. The molecule has 1 fully saturated rings. The average Bonchev–Trinajstić information content (AvgIpc) is 3.43. The van der Waals surface area contributed by atoms with Crippen LogP contribution in [-0.4, -0.2) is 39.1 Å². The first-order chi connectivity index (χ1) is 18.9. The van der Waals surface area contributed by atoms with Gasteiger partial charge in [0.2, 0.25) is 5.91 Å². The van der Waals surface area contributed by atoms with Gasteiger partial charge < -0.3 is 24.8 Å². The Labute approximate surface area is 242 Å². The van der Waals surface area contributed by atoms with Crippen LogP contribution in [0.2, 0.25) is 0 Å². The van der Waals surface area contributed by atoms with Gasteiger partial charge in [-0.25, -0.2) is 0 Å². The number of halogens is 1. The summed E-state index contributed by atoms with van der Waals surface area (Å²) in [6.45, 7) is 4.69. The number of nitrogens with zero attached hydrogens (tertiary/aromatic N) is 3. The highest BCUT2D eigenvalue weighted by Crippen LogP contribution is 2.41. The van der Waals surface area contributed by atoms with Crippen LogP contribution in [-0.2, 0) is 4.79 Å². The Morgan fingerprint density at radius 1 is 1.10 bits per heavy atom. The Morgan fingerprint density at radius 2 is 1.85 bits per heavy atom. The molecular formula is C30H30BrN5O2S. The molecule has 0 aliphatic carbocycles. The number of methoxy groups -OCH3 is 1. The Kier molecular flexibility index (Phi) is 7.99. The maximum atomic E-state index is 13.0. The number of rotatable bonds is 8. The van der Waals surface area contributed by atoms with Crippen molar-refractivity contribution in [3.8, 4) is 11.4 Å². The molecule has 7 nitrogen and oxygen atoms in total. The molecule has 1 saturated heterocycles. The molecule has 4 aromatic rings. The second-order valence-electron chi connectivity index (χ2n) is 9.46. The van der Waals surface area contributed by atoms with Crippen molar-refractivity contribution in [3.63, 3.8) is 0 Å². The van der Waals surface area contributed by atoms with Crippen molar-refractivity contribution in [2.24, 2.45) is 0 Å². The number of anilines is 1. The lowest BCUT2D eigenvalue weighted by Crippen LogP contribution is -2.33. The van der Waals surface area contributed by atoms with E-state index in [0.29, 0.717) is 23.1 Å². The lowest BCUT2D eigenvalue weighted by molar-refractivity contribution is -0.116.